The Morgan fingerprint density at radius 1 is 1.05 bits per heavy atom. The lowest BCUT2D eigenvalue weighted by Crippen LogP contribution is -2.58. The molecule has 3 saturated heterocycles. The van der Waals surface area contributed by atoms with Crippen molar-refractivity contribution >= 4 is 30.3 Å². The third-order valence-corrected chi connectivity index (χ3v) is 8.25. The Morgan fingerprint density at radius 3 is 2.22 bits per heavy atom. The average molecular weight is 533 g/mol. The predicted molar refractivity (Wildman–Crippen MR) is 149 cm³/mol. The van der Waals surface area contributed by atoms with Crippen molar-refractivity contribution in [3.63, 3.8) is 0 Å². The van der Waals surface area contributed by atoms with Gasteiger partial charge in [0.15, 0.2) is 0 Å². The summed E-state index contributed by atoms with van der Waals surface area (Å²) in [6.45, 7) is 16.7. The van der Waals surface area contributed by atoms with Crippen molar-refractivity contribution in [2.24, 2.45) is 11.3 Å². The molecule has 0 aliphatic carbocycles. The summed E-state index contributed by atoms with van der Waals surface area (Å²) in [6.07, 6.45) is 1.89. The van der Waals surface area contributed by atoms with Crippen molar-refractivity contribution in [3.8, 4) is 0 Å². The molecule has 0 unspecified atom stereocenters. The average Bonchev–Trinajstić information content (AvgIpc) is 3.32. The largest absolute Gasteiger partial charge is 0.342 e. The summed E-state index contributed by atoms with van der Waals surface area (Å²) >= 11 is 0. The first-order valence-electron chi connectivity index (χ1n) is 13.7. The van der Waals surface area contributed by atoms with Crippen LogP contribution in [-0.4, -0.2) is 88.3 Å². The summed E-state index contributed by atoms with van der Waals surface area (Å²) in [5.41, 5.74) is 0.558. The van der Waals surface area contributed by atoms with Gasteiger partial charge in [0, 0.05) is 57.6 Å². The molecule has 4 amide bonds. The van der Waals surface area contributed by atoms with Crippen molar-refractivity contribution in [2.75, 3.05) is 39.3 Å². The monoisotopic (exact) mass is 532 g/mol. The number of urea groups is 1. The summed E-state index contributed by atoms with van der Waals surface area (Å²) in [5, 5.41) is 0. The van der Waals surface area contributed by atoms with Gasteiger partial charge in [-0.15, -0.1) is 12.4 Å². The summed E-state index contributed by atoms with van der Waals surface area (Å²) in [5.74, 6) is 0.874. The van der Waals surface area contributed by atoms with E-state index >= 15 is 0 Å². The van der Waals surface area contributed by atoms with Gasteiger partial charge in [-0.25, -0.2) is 4.79 Å². The molecule has 0 N–H and O–H groups in total. The number of carbonyl (C=O) groups is 3. The third-order valence-electron chi connectivity index (χ3n) is 8.25. The number of likely N-dealkylation sites (N-methyl/N-ethyl adjacent to an activating group) is 1. The molecule has 0 saturated carbocycles. The van der Waals surface area contributed by atoms with E-state index in [0.717, 1.165) is 32.7 Å². The smallest absolute Gasteiger partial charge is 0.327 e. The Bertz CT molecular complexity index is 969. The number of halogens is 1. The van der Waals surface area contributed by atoms with Gasteiger partial charge >= 0.3 is 6.03 Å². The van der Waals surface area contributed by atoms with Crippen LogP contribution in [0.15, 0.2) is 30.3 Å². The van der Waals surface area contributed by atoms with Gasteiger partial charge in [-0.1, -0.05) is 51.1 Å². The topological polar surface area (TPSA) is 64.2 Å². The first kappa shape index (κ1) is 29.4. The standard InChI is InChI=1S/C29H44N4O3.ClH/c1-7-32-26(35)29(33(21(2)3)27(32)36)13-15-30(16-14-29)18-23-19-31(25(34)17-28(4,5)6)20-24(23)22-11-9-8-10-12-22;/h8-12,21,23-24H,7,13-20H2,1-6H3;1H/t23-,24+;/m0./s1. The lowest BCUT2D eigenvalue weighted by atomic mass is 9.83. The van der Waals surface area contributed by atoms with E-state index < -0.39 is 5.54 Å². The fourth-order valence-electron chi connectivity index (χ4n) is 6.54. The van der Waals surface area contributed by atoms with Gasteiger partial charge in [-0.05, 0) is 50.5 Å². The highest BCUT2D eigenvalue weighted by Gasteiger charge is 2.58. The second-order valence-electron chi connectivity index (χ2n) is 12.4. The molecular weight excluding hydrogens is 488 g/mol. The second kappa shape index (κ2) is 11.3. The SMILES string of the molecule is CCN1C(=O)N(C(C)C)C2(CCN(C[C@H]3CN(C(=O)CC(C)(C)C)C[C@@H]3c3ccccc3)CC2)C1=O.Cl. The number of piperidine rings is 1. The molecule has 1 aromatic rings. The number of carbonyl (C=O) groups excluding carboxylic acids is 3. The molecule has 206 valence electrons. The molecule has 0 aromatic heterocycles. The molecule has 0 radical (unpaired) electrons. The Balaban J connectivity index is 0.00000380. The maximum Gasteiger partial charge on any atom is 0.327 e. The highest BCUT2D eigenvalue weighted by atomic mass is 35.5. The summed E-state index contributed by atoms with van der Waals surface area (Å²) in [4.78, 5) is 47.3. The van der Waals surface area contributed by atoms with E-state index in [4.69, 9.17) is 0 Å². The van der Waals surface area contributed by atoms with Crippen LogP contribution < -0.4 is 0 Å². The molecule has 3 aliphatic rings. The molecular formula is C29H45ClN4O3. The van der Waals surface area contributed by atoms with Crippen LogP contribution in [0.3, 0.4) is 0 Å². The van der Waals surface area contributed by atoms with Crippen LogP contribution in [0.4, 0.5) is 4.79 Å². The zero-order valence-corrected chi connectivity index (χ0v) is 24.2. The Hall–Kier alpha value is -2.12. The van der Waals surface area contributed by atoms with E-state index in [2.05, 4.69) is 54.8 Å². The molecule has 4 rings (SSSR count). The minimum Gasteiger partial charge on any atom is -0.342 e. The molecule has 1 spiro atoms. The molecule has 3 fully saturated rings. The number of likely N-dealkylation sites (tertiary alicyclic amines) is 2. The van der Waals surface area contributed by atoms with Gasteiger partial charge in [-0.2, -0.15) is 0 Å². The number of nitrogens with zero attached hydrogens (tertiary/aromatic N) is 4. The molecule has 3 heterocycles. The van der Waals surface area contributed by atoms with Gasteiger partial charge in [-0.3, -0.25) is 14.5 Å². The van der Waals surface area contributed by atoms with Crippen molar-refractivity contribution in [3.05, 3.63) is 35.9 Å². The predicted octanol–water partition coefficient (Wildman–Crippen LogP) is 4.61. The number of imide groups is 1. The quantitative estimate of drug-likeness (QED) is 0.502. The van der Waals surface area contributed by atoms with Gasteiger partial charge < -0.3 is 14.7 Å². The summed E-state index contributed by atoms with van der Waals surface area (Å²) in [7, 11) is 0. The van der Waals surface area contributed by atoms with Gasteiger partial charge in [0.25, 0.3) is 5.91 Å². The zero-order chi connectivity index (χ0) is 26.3. The van der Waals surface area contributed by atoms with Crippen molar-refractivity contribution in [2.45, 2.75) is 78.3 Å². The maximum absolute atomic E-state index is 13.4. The molecule has 2 atom stereocenters. The van der Waals surface area contributed by atoms with E-state index in [1.165, 1.54) is 10.5 Å². The van der Waals surface area contributed by atoms with Crippen molar-refractivity contribution in [1.29, 1.82) is 0 Å². The molecule has 1 aromatic carbocycles. The van der Waals surface area contributed by atoms with Gasteiger partial charge in [0.1, 0.15) is 5.54 Å². The minimum atomic E-state index is -0.707. The normalized spacial score (nSPS) is 24.4. The highest BCUT2D eigenvalue weighted by molar-refractivity contribution is 6.07. The first-order valence-corrected chi connectivity index (χ1v) is 13.7. The Labute approximate surface area is 228 Å². The van der Waals surface area contributed by atoms with E-state index in [1.807, 2.05) is 31.7 Å². The number of amides is 4. The lowest BCUT2D eigenvalue weighted by Gasteiger charge is -2.44. The lowest BCUT2D eigenvalue weighted by molar-refractivity contribution is -0.136. The molecule has 7 nitrogen and oxygen atoms in total. The van der Waals surface area contributed by atoms with E-state index in [1.54, 1.807) is 0 Å². The van der Waals surface area contributed by atoms with E-state index in [0.29, 0.717) is 37.6 Å². The molecule has 0 bridgehead atoms. The fraction of sp³-hybridized carbons (Fsp3) is 0.690. The van der Waals surface area contributed by atoms with Crippen molar-refractivity contribution < 1.29 is 14.4 Å². The maximum atomic E-state index is 13.4. The first-order chi connectivity index (χ1) is 17.0. The van der Waals surface area contributed by atoms with Crippen LogP contribution in [0.25, 0.3) is 0 Å². The van der Waals surface area contributed by atoms with Crippen LogP contribution in [0.1, 0.15) is 72.3 Å². The van der Waals surface area contributed by atoms with E-state index in [9.17, 15) is 14.4 Å². The van der Waals surface area contributed by atoms with Gasteiger partial charge in [0.2, 0.25) is 5.91 Å². The number of hydrogen-bond acceptors (Lipinski definition) is 4. The number of hydrogen-bond donors (Lipinski definition) is 0. The van der Waals surface area contributed by atoms with Crippen LogP contribution in [0.2, 0.25) is 0 Å². The fourth-order valence-corrected chi connectivity index (χ4v) is 6.54. The minimum absolute atomic E-state index is 0. The molecule has 3 aliphatic heterocycles. The second-order valence-corrected chi connectivity index (χ2v) is 12.4. The Kier molecular flexibility index (Phi) is 9.01. The summed E-state index contributed by atoms with van der Waals surface area (Å²) < 4.78 is 0. The summed E-state index contributed by atoms with van der Waals surface area (Å²) in [6, 6.07) is 10.4. The highest BCUT2D eigenvalue weighted by Crippen LogP contribution is 2.40. The number of benzene rings is 1. The van der Waals surface area contributed by atoms with Crippen molar-refractivity contribution in [1.82, 2.24) is 19.6 Å². The van der Waals surface area contributed by atoms with Crippen LogP contribution in [-0.2, 0) is 9.59 Å². The molecule has 37 heavy (non-hydrogen) atoms. The van der Waals surface area contributed by atoms with Gasteiger partial charge in [0.05, 0.1) is 0 Å². The third kappa shape index (κ3) is 5.83. The Morgan fingerprint density at radius 2 is 1.68 bits per heavy atom. The van der Waals surface area contributed by atoms with E-state index in [-0.39, 0.29) is 41.7 Å². The zero-order valence-electron chi connectivity index (χ0n) is 23.4. The van der Waals surface area contributed by atoms with Crippen LogP contribution in [0.5, 0.6) is 0 Å². The van der Waals surface area contributed by atoms with Crippen LogP contribution in [0, 0.1) is 11.3 Å². The molecule has 8 heteroatoms. The number of rotatable bonds is 6. The van der Waals surface area contributed by atoms with Crippen LogP contribution >= 0.6 is 12.4 Å².